The summed E-state index contributed by atoms with van der Waals surface area (Å²) in [5, 5.41) is 2.74. The lowest BCUT2D eigenvalue weighted by Gasteiger charge is -2.46. The van der Waals surface area contributed by atoms with E-state index in [1.165, 1.54) is 10.4 Å². The van der Waals surface area contributed by atoms with Crippen LogP contribution in [-0.4, -0.2) is 24.4 Å². The Labute approximate surface area is 202 Å². The number of aromatic nitrogens is 2. The first kappa shape index (κ1) is 23.7. The molecule has 2 aromatic carbocycles. The molecule has 5 nitrogen and oxygen atoms in total. The predicted octanol–water partition coefficient (Wildman–Crippen LogP) is 4.90. The molecule has 7 heteroatoms. The van der Waals surface area contributed by atoms with Gasteiger partial charge in [0.25, 0.3) is 8.32 Å². The minimum absolute atomic E-state index is 0.0361. The van der Waals surface area contributed by atoms with Crippen LogP contribution in [-0.2, 0) is 4.43 Å². The fourth-order valence-corrected chi connectivity index (χ4v) is 10.1. The summed E-state index contributed by atoms with van der Waals surface area (Å²) in [6.45, 7) is 6.95. The van der Waals surface area contributed by atoms with Gasteiger partial charge in [-0.2, -0.15) is 4.98 Å². The van der Waals surface area contributed by atoms with E-state index < -0.39 is 8.32 Å². The number of nitrogens with zero attached hydrogens (tertiary/aromatic N) is 2. The van der Waals surface area contributed by atoms with E-state index in [1.54, 1.807) is 0 Å². The number of halogens is 1. The number of nitrogen functional groups attached to an aromatic ring is 2. The summed E-state index contributed by atoms with van der Waals surface area (Å²) in [6, 6.07) is 21.6. The Bertz CT molecular complexity index is 1040. The lowest BCUT2D eigenvalue weighted by Crippen LogP contribution is -2.67. The van der Waals surface area contributed by atoms with Gasteiger partial charge in [-0.15, -0.1) is 0 Å². The zero-order valence-electron chi connectivity index (χ0n) is 19.6. The first-order valence-electron chi connectivity index (χ1n) is 11.6. The summed E-state index contributed by atoms with van der Waals surface area (Å²) >= 11 is 6.07. The van der Waals surface area contributed by atoms with Crippen LogP contribution in [0.1, 0.15) is 58.1 Å². The number of benzene rings is 2. The van der Waals surface area contributed by atoms with Gasteiger partial charge in [0.2, 0.25) is 5.28 Å². The van der Waals surface area contributed by atoms with Gasteiger partial charge in [0.05, 0.1) is 11.4 Å². The molecule has 1 aliphatic carbocycles. The molecule has 4 rings (SSSR count). The van der Waals surface area contributed by atoms with Crippen molar-refractivity contribution < 1.29 is 4.43 Å². The van der Waals surface area contributed by atoms with Crippen LogP contribution in [0.15, 0.2) is 60.7 Å². The number of rotatable bonds is 5. The lowest BCUT2D eigenvalue weighted by atomic mass is 9.84. The number of anilines is 2. The Balaban J connectivity index is 1.64. The summed E-state index contributed by atoms with van der Waals surface area (Å²) in [7, 11) is -2.56. The molecule has 4 N–H and O–H groups in total. The first-order valence-corrected chi connectivity index (χ1v) is 13.9. The van der Waals surface area contributed by atoms with Crippen LogP contribution in [0.3, 0.4) is 0 Å². The van der Waals surface area contributed by atoms with Gasteiger partial charge in [-0.05, 0) is 52.7 Å². The van der Waals surface area contributed by atoms with E-state index in [2.05, 4.69) is 91.4 Å². The third-order valence-corrected chi connectivity index (χ3v) is 12.1. The molecular formula is C26H33ClN4OSi. The molecule has 1 heterocycles. The van der Waals surface area contributed by atoms with Crippen LogP contribution in [0.2, 0.25) is 10.3 Å². The van der Waals surface area contributed by atoms with Crippen molar-refractivity contribution in [2.75, 3.05) is 11.5 Å². The predicted molar refractivity (Wildman–Crippen MR) is 140 cm³/mol. The molecule has 0 atom stereocenters. The zero-order valence-corrected chi connectivity index (χ0v) is 21.3. The van der Waals surface area contributed by atoms with Gasteiger partial charge in [0, 0.05) is 12.0 Å². The normalized spacial score (nSPS) is 19.4. The first-order chi connectivity index (χ1) is 15.7. The third-order valence-electron chi connectivity index (χ3n) is 6.80. The highest BCUT2D eigenvalue weighted by atomic mass is 35.5. The minimum atomic E-state index is -2.56. The highest BCUT2D eigenvalue weighted by molar-refractivity contribution is 6.99. The average Bonchev–Trinajstić information content (AvgIpc) is 2.80. The molecule has 3 aromatic rings. The summed E-state index contributed by atoms with van der Waals surface area (Å²) in [5.41, 5.74) is 13.4. The Morgan fingerprint density at radius 1 is 0.848 bits per heavy atom. The Hall–Kier alpha value is -2.41. The van der Waals surface area contributed by atoms with E-state index >= 15 is 0 Å². The SMILES string of the molecule is CC(C)(C)[Si](OC1CCC(c2nc(Cl)nc(N)c2N)CC1)(c1ccccc1)c1ccccc1. The van der Waals surface area contributed by atoms with Crippen LogP contribution in [0.25, 0.3) is 0 Å². The van der Waals surface area contributed by atoms with Gasteiger partial charge in [0.1, 0.15) is 0 Å². The maximum atomic E-state index is 7.30. The number of hydrogen-bond acceptors (Lipinski definition) is 5. The molecule has 33 heavy (non-hydrogen) atoms. The van der Waals surface area contributed by atoms with Crippen molar-refractivity contribution in [3.05, 3.63) is 71.6 Å². The highest BCUT2D eigenvalue weighted by Gasteiger charge is 2.51. The summed E-state index contributed by atoms with van der Waals surface area (Å²) in [6.07, 6.45) is 3.91. The van der Waals surface area contributed by atoms with Crippen molar-refractivity contribution in [1.82, 2.24) is 9.97 Å². The summed E-state index contributed by atoms with van der Waals surface area (Å²) in [5.74, 6) is 0.475. The smallest absolute Gasteiger partial charge is 0.261 e. The highest BCUT2D eigenvalue weighted by Crippen LogP contribution is 2.42. The maximum Gasteiger partial charge on any atom is 0.261 e. The van der Waals surface area contributed by atoms with Crippen molar-refractivity contribution in [2.45, 2.75) is 63.5 Å². The second-order valence-electron chi connectivity index (χ2n) is 9.93. The summed E-state index contributed by atoms with van der Waals surface area (Å²) in [4.78, 5) is 8.38. The van der Waals surface area contributed by atoms with E-state index in [0.717, 1.165) is 31.4 Å². The maximum absolute atomic E-state index is 7.30. The van der Waals surface area contributed by atoms with E-state index in [9.17, 15) is 0 Å². The van der Waals surface area contributed by atoms with Crippen LogP contribution >= 0.6 is 11.6 Å². The van der Waals surface area contributed by atoms with Gasteiger partial charge < -0.3 is 15.9 Å². The Kier molecular flexibility index (Phi) is 6.80. The molecule has 1 aliphatic rings. The topological polar surface area (TPSA) is 87.0 Å². The fourth-order valence-electron chi connectivity index (χ4n) is 5.18. The molecule has 0 unspecified atom stereocenters. The molecule has 0 saturated heterocycles. The minimum Gasteiger partial charge on any atom is -0.404 e. The monoisotopic (exact) mass is 480 g/mol. The van der Waals surface area contributed by atoms with Gasteiger partial charge in [-0.3, -0.25) is 0 Å². The molecular weight excluding hydrogens is 448 g/mol. The van der Waals surface area contributed by atoms with Gasteiger partial charge in [0.15, 0.2) is 5.82 Å². The van der Waals surface area contributed by atoms with Crippen molar-refractivity contribution >= 4 is 41.8 Å². The van der Waals surface area contributed by atoms with Crippen molar-refractivity contribution in [2.24, 2.45) is 0 Å². The molecule has 0 bridgehead atoms. The molecule has 0 radical (unpaired) electrons. The largest absolute Gasteiger partial charge is 0.404 e. The average molecular weight is 481 g/mol. The van der Waals surface area contributed by atoms with Gasteiger partial charge in [-0.1, -0.05) is 81.4 Å². The van der Waals surface area contributed by atoms with Crippen molar-refractivity contribution in [3.8, 4) is 0 Å². The zero-order chi connectivity index (χ0) is 23.6. The molecule has 174 valence electrons. The van der Waals surface area contributed by atoms with Crippen LogP contribution in [0.4, 0.5) is 11.5 Å². The third kappa shape index (κ3) is 4.65. The van der Waals surface area contributed by atoms with E-state index in [4.69, 9.17) is 27.5 Å². The standard InChI is InChI=1S/C26H33ClN4OSi/c1-26(2,3)33(20-10-6-4-7-11-20,21-12-8-5-9-13-21)32-19-16-14-18(15-17-19)23-22(28)24(29)31-25(27)30-23/h4-13,18-19H,14-17,28H2,1-3H3,(H2,29,30,31). The Morgan fingerprint density at radius 3 is 1.85 bits per heavy atom. The van der Waals surface area contributed by atoms with Crippen LogP contribution < -0.4 is 21.8 Å². The van der Waals surface area contributed by atoms with Gasteiger partial charge in [-0.25, -0.2) is 4.98 Å². The molecule has 1 saturated carbocycles. The van der Waals surface area contributed by atoms with Gasteiger partial charge >= 0.3 is 0 Å². The Morgan fingerprint density at radius 2 is 1.36 bits per heavy atom. The number of nitrogens with two attached hydrogens (primary N) is 2. The van der Waals surface area contributed by atoms with Crippen LogP contribution in [0.5, 0.6) is 0 Å². The molecule has 1 aromatic heterocycles. The second kappa shape index (κ2) is 9.45. The molecule has 0 amide bonds. The summed E-state index contributed by atoms with van der Waals surface area (Å²) < 4.78 is 7.30. The van der Waals surface area contributed by atoms with Crippen molar-refractivity contribution in [3.63, 3.8) is 0 Å². The van der Waals surface area contributed by atoms with E-state index in [0.29, 0.717) is 5.69 Å². The van der Waals surface area contributed by atoms with E-state index in [1.807, 2.05) is 0 Å². The quantitative estimate of drug-likeness (QED) is 0.400. The van der Waals surface area contributed by atoms with Crippen molar-refractivity contribution in [1.29, 1.82) is 0 Å². The lowest BCUT2D eigenvalue weighted by molar-refractivity contribution is 0.135. The van der Waals surface area contributed by atoms with Crippen LogP contribution in [0, 0.1) is 0 Å². The second-order valence-corrected chi connectivity index (χ2v) is 14.5. The molecule has 1 fully saturated rings. The number of hydrogen-bond donors (Lipinski definition) is 2. The molecule has 0 spiro atoms. The van der Waals surface area contributed by atoms with E-state index in [-0.39, 0.29) is 28.2 Å². The molecule has 0 aliphatic heterocycles. The fraction of sp³-hybridized carbons (Fsp3) is 0.385.